The van der Waals surface area contributed by atoms with E-state index in [0.29, 0.717) is 17.5 Å². The molecule has 10 rings (SSSR count). The van der Waals surface area contributed by atoms with Gasteiger partial charge in [-0.15, -0.1) is 0 Å². The number of allylic oxidation sites excluding steroid dienone is 2. The van der Waals surface area contributed by atoms with Gasteiger partial charge in [0.2, 0.25) is 0 Å². The third kappa shape index (κ3) is 6.04. The van der Waals surface area contributed by atoms with Gasteiger partial charge in [0.25, 0.3) is 0 Å². The molecule has 4 nitrogen and oxygen atoms in total. The molecule has 0 fully saturated rings. The minimum atomic E-state index is 0.636. The number of hydrogen-bond acceptors (Lipinski definition) is 4. The molecule has 0 aliphatic carbocycles. The van der Waals surface area contributed by atoms with Gasteiger partial charge in [-0.25, -0.2) is 15.0 Å². The van der Waals surface area contributed by atoms with E-state index < -0.39 is 0 Å². The van der Waals surface area contributed by atoms with E-state index in [0.717, 1.165) is 60.7 Å². The molecule has 0 unspecified atom stereocenters. The lowest BCUT2D eigenvalue weighted by molar-refractivity contribution is 0.601. The lowest BCUT2D eigenvalue weighted by Gasteiger charge is -2.12. The highest BCUT2D eigenvalue weighted by molar-refractivity contribution is 6.14. The second-order valence-electron chi connectivity index (χ2n) is 14.0. The molecule has 2 heterocycles. The van der Waals surface area contributed by atoms with Crippen molar-refractivity contribution in [3.8, 4) is 45.3 Å². The number of aromatic nitrogens is 3. The monoisotopic (exact) mass is 717 g/mol. The SMILES string of the molecule is Cc1c(/C=C\C=C\c2ccc(-c3nc(-c4ccccc4)nc(-c4ccc5ccccc5c4)n3)c3ccccc23)oc2cc(-c3ccccc3)c3ccccc3c12. The summed E-state index contributed by atoms with van der Waals surface area (Å²) in [6.07, 6.45) is 8.34. The normalized spacial score (nSPS) is 11.9. The number of furan rings is 1. The first-order chi connectivity index (χ1) is 27.7. The molecule has 0 N–H and O–H groups in total. The van der Waals surface area contributed by atoms with E-state index in [4.69, 9.17) is 19.4 Å². The highest BCUT2D eigenvalue weighted by Crippen LogP contribution is 2.39. The Kier molecular flexibility index (Phi) is 8.34. The summed E-state index contributed by atoms with van der Waals surface area (Å²) < 4.78 is 6.52. The van der Waals surface area contributed by atoms with Gasteiger partial charge >= 0.3 is 0 Å². The van der Waals surface area contributed by atoms with Crippen LogP contribution < -0.4 is 0 Å². The summed E-state index contributed by atoms with van der Waals surface area (Å²) >= 11 is 0. The molecule has 4 heteroatoms. The predicted molar refractivity (Wildman–Crippen MR) is 233 cm³/mol. The van der Waals surface area contributed by atoms with E-state index in [1.165, 1.54) is 27.3 Å². The Morgan fingerprint density at radius 1 is 0.429 bits per heavy atom. The molecule has 2 aromatic heterocycles. The third-order valence-electron chi connectivity index (χ3n) is 10.6. The van der Waals surface area contributed by atoms with Gasteiger partial charge in [-0.2, -0.15) is 0 Å². The van der Waals surface area contributed by atoms with Crippen LogP contribution in [0.5, 0.6) is 0 Å². The average molecular weight is 718 g/mol. The summed E-state index contributed by atoms with van der Waals surface area (Å²) in [5.74, 6) is 2.77. The van der Waals surface area contributed by atoms with Gasteiger partial charge in [-0.1, -0.05) is 170 Å². The zero-order chi connectivity index (χ0) is 37.4. The molecule has 0 atom stereocenters. The molecule has 0 aliphatic heterocycles. The molecule has 0 saturated heterocycles. The number of nitrogens with zero attached hydrogens (tertiary/aromatic N) is 3. The minimum Gasteiger partial charge on any atom is -0.456 e. The van der Waals surface area contributed by atoms with E-state index in [9.17, 15) is 0 Å². The zero-order valence-electron chi connectivity index (χ0n) is 30.7. The Hall–Kier alpha value is -7.43. The molecular formula is C52H35N3O. The van der Waals surface area contributed by atoms with Gasteiger partial charge in [0.1, 0.15) is 11.3 Å². The van der Waals surface area contributed by atoms with Crippen LogP contribution in [-0.4, -0.2) is 15.0 Å². The molecule has 0 radical (unpaired) electrons. The standard InChI is InChI=1S/C52H35N3O/c1-34-47(56-48-33-46(36-17-4-2-5-18-36)43-25-13-14-26-44(43)49(34)48)27-15-10-19-37-30-31-45(42-24-12-11-23-41(37)42)52-54-50(38-20-6-3-7-21-38)53-51(55-52)40-29-28-35-16-8-9-22-39(35)32-40/h2-33H,1H3/b19-10+,27-15-. The Morgan fingerprint density at radius 3 is 1.79 bits per heavy atom. The Morgan fingerprint density at radius 2 is 1.02 bits per heavy atom. The molecule has 8 aromatic carbocycles. The smallest absolute Gasteiger partial charge is 0.164 e. The molecule has 0 bridgehead atoms. The summed E-state index contributed by atoms with van der Waals surface area (Å²) in [6, 6.07) is 58.9. The van der Waals surface area contributed by atoms with Crippen LogP contribution >= 0.6 is 0 Å². The fraction of sp³-hybridized carbons (Fsp3) is 0.0192. The molecule has 0 spiro atoms. The van der Waals surface area contributed by atoms with Gasteiger partial charge in [-0.3, -0.25) is 0 Å². The molecule has 0 aliphatic rings. The van der Waals surface area contributed by atoms with E-state index in [2.05, 4.69) is 171 Å². The third-order valence-corrected chi connectivity index (χ3v) is 10.6. The minimum absolute atomic E-state index is 0.636. The quantitative estimate of drug-likeness (QED) is 0.154. The van der Waals surface area contributed by atoms with Gasteiger partial charge in [0, 0.05) is 27.6 Å². The van der Waals surface area contributed by atoms with E-state index in [-0.39, 0.29) is 0 Å². The first kappa shape index (κ1) is 33.2. The summed E-state index contributed by atoms with van der Waals surface area (Å²) in [7, 11) is 0. The van der Waals surface area contributed by atoms with Crippen molar-refractivity contribution in [1.29, 1.82) is 0 Å². The van der Waals surface area contributed by atoms with Crippen molar-refractivity contribution in [2.24, 2.45) is 0 Å². The van der Waals surface area contributed by atoms with Crippen molar-refractivity contribution in [3.63, 3.8) is 0 Å². The predicted octanol–water partition coefficient (Wildman–Crippen LogP) is 13.8. The maximum absolute atomic E-state index is 6.52. The largest absolute Gasteiger partial charge is 0.456 e. The summed E-state index contributed by atoms with van der Waals surface area (Å²) in [5, 5.41) is 8.08. The zero-order valence-corrected chi connectivity index (χ0v) is 30.7. The van der Waals surface area contributed by atoms with Crippen LogP contribution in [-0.2, 0) is 0 Å². The number of fused-ring (bicyclic) bond motifs is 5. The molecule has 0 amide bonds. The maximum atomic E-state index is 6.52. The van der Waals surface area contributed by atoms with Crippen LogP contribution in [0.3, 0.4) is 0 Å². The second kappa shape index (κ2) is 14.1. The van der Waals surface area contributed by atoms with Crippen LogP contribution in [0.2, 0.25) is 0 Å². The van der Waals surface area contributed by atoms with Crippen molar-refractivity contribution in [2.75, 3.05) is 0 Å². The first-order valence-electron chi connectivity index (χ1n) is 18.9. The lowest BCUT2D eigenvalue weighted by Crippen LogP contribution is -2.00. The topological polar surface area (TPSA) is 51.8 Å². The molecule has 0 saturated carbocycles. The van der Waals surface area contributed by atoms with Crippen LogP contribution in [0.25, 0.3) is 101 Å². The summed E-state index contributed by atoms with van der Waals surface area (Å²) in [5.41, 5.74) is 8.31. The summed E-state index contributed by atoms with van der Waals surface area (Å²) in [4.78, 5) is 15.1. The number of hydrogen-bond donors (Lipinski definition) is 0. The highest BCUT2D eigenvalue weighted by Gasteiger charge is 2.17. The average Bonchev–Trinajstić information content (AvgIpc) is 3.59. The number of benzene rings is 8. The Balaban J connectivity index is 1.01. The Bertz CT molecular complexity index is 3140. The van der Waals surface area contributed by atoms with Crippen molar-refractivity contribution in [3.05, 3.63) is 199 Å². The lowest BCUT2D eigenvalue weighted by atomic mass is 9.94. The highest BCUT2D eigenvalue weighted by atomic mass is 16.3. The molecule has 264 valence electrons. The number of rotatable bonds is 7. The Labute approximate surface area is 324 Å². The fourth-order valence-electron chi connectivity index (χ4n) is 7.79. The number of aryl methyl sites for hydroxylation is 1. The van der Waals surface area contributed by atoms with E-state index in [1.807, 2.05) is 30.3 Å². The van der Waals surface area contributed by atoms with Crippen molar-refractivity contribution in [1.82, 2.24) is 15.0 Å². The van der Waals surface area contributed by atoms with Crippen LogP contribution in [0.4, 0.5) is 0 Å². The molecular weight excluding hydrogens is 683 g/mol. The molecule has 56 heavy (non-hydrogen) atoms. The van der Waals surface area contributed by atoms with Gasteiger partial charge in [-0.05, 0) is 80.2 Å². The van der Waals surface area contributed by atoms with Gasteiger partial charge < -0.3 is 4.42 Å². The van der Waals surface area contributed by atoms with Gasteiger partial charge in [0.15, 0.2) is 17.5 Å². The van der Waals surface area contributed by atoms with Crippen molar-refractivity contribution in [2.45, 2.75) is 6.92 Å². The molecule has 10 aromatic rings. The fourth-order valence-corrected chi connectivity index (χ4v) is 7.79. The van der Waals surface area contributed by atoms with Crippen LogP contribution in [0, 0.1) is 6.92 Å². The van der Waals surface area contributed by atoms with Crippen molar-refractivity contribution < 1.29 is 4.42 Å². The summed E-state index contributed by atoms with van der Waals surface area (Å²) in [6.45, 7) is 2.14. The van der Waals surface area contributed by atoms with Crippen molar-refractivity contribution >= 4 is 55.4 Å². The first-order valence-corrected chi connectivity index (χ1v) is 18.9. The van der Waals surface area contributed by atoms with Crippen LogP contribution in [0.15, 0.2) is 186 Å². The van der Waals surface area contributed by atoms with E-state index in [1.54, 1.807) is 0 Å². The van der Waals surface area contributed by atoms with Gasteiger partial charge in [0.05, 0.1) is 0 Å². The second-order valence-corrected chi connectivity index (χ2v) is 14.0. The van der Waals surface area contributed by atoms with E-state index >= 15 is 0 Å². The maximum Gasteiger partial charge on any atom is 0.164 e. The van der Waals surface area contributed by atoms with Crippen LogP contribution in [0.1, 0.15) is 16.9 Å².